The summed E-state index contributed by atoms with van der Waals surface area (Å²) >= 11 is 0. The van der Waals surface area contributed by atoms with Gasteiger partial charge in [0.2, 0.25) is 5.91 Å². The van der Waals surface area contributed by atoms with Crippen molar-refractivity contribution in [2.24, 2.45) is 16.6 Å². The molecule has 0 radical (unpaired) electrons. The standard InChI is InChI=1S/C12H18N4O4/c1-6(17)9-8-4-7(15-3-2-14-5-13)10(12(19)20)16(8)11(9)18/h5-6,8-9,15,17H,2-4H2,1H3,(H2,13,14)(H,19,20)/t6-,8-,9-/m1/s1. The SMILES string of the molecule is C[C@@H](O)[C@H]1C(=O)N2C(C(=O)O)=C(NCCN=CN)C[C@H]12. The largest absolute Gasteiger partial charge is 0.477 e. The number of aliphatic imine (C=N–C) groups is 1. The molecule has 3 atom stereocenters. The minimum Gasteiger partial charge on any atom is -0.477 e. The first-order valence-corrected chi connectivity index (χ1v) is 6.40. The van der Waals surface area contributed by atoms with Gasteiger partial charge in [-0.1, -0.05) is 0 Å². The molecule has 0 saturated carbocycles. The minimum atomic E-state index is -1.14. The Kier molecular flexibility index (Phi) is 3.93. The Morgan fingerprint density at radius 2 is 2.40 bits per heavy atom. The zero-order valence-electron chi connectivity index (χ0n) is 11.1. The minimum absolute atomic E-state index is 0.0198. The van der Waals surface area contributed by atoms with Crippen LogP contribution in [0.15, 0.2) is 16.4 Å². The van der Waals surface area contributed by atoms with E-state index in [4.69, 9.17) is 5.73 Å². The number of nitrogens with zero attached hydrogens (tertiary/aromatic N) is 2. The molecule has 2 heterocycles. The number of nitrogens with two attached hydrogens (primary N) is 1. The second kappa shape index (κ2) is 5.49. The van der Waals surface area contributed by atoms with Crippen LogP contribution in [0, 0.1) is 5.92 Å². The van der Waals surface area contributed by atoms with Gasteiger partial charge in [-0.3, -0.25) is 14.7 Å². The van der Waals surface area contributed by atoms with Gasteiger partial charge in [0, 0.05) is 18.7 Å². The average molecular weight is 282 g/mol. The maximum absolute atomic E-state index is 11.9. The third kappa shape index (κ3) is 2.22. The van der Waals surface area contributed by atoms with E-state index in [0.29, 0.717) is 25.2 Å². The van der Waals surface area contributed by atoms with Crippen LogP contribution >= 0.6 is 0 Å². The lowest BCUT2D eigenvalue weighted by atomic mass is 9.83. The molecule has 1 fully saturated rings. The lowest BCUT2D eigenvalue weighted by Crippen LogP contribution is -2.61. The van der Waals surface area contributed by atoms with Crippen molar-refractivity contribution >= 4 is 18.2 Å². The van der Waals surface area contributed by atoms with Crippen molar-refractivity contribution in [2.75, 3.05) is 13.1 Å². The van der Waals surface area contributed by atoms with Gasteiger partial charge >= 0.3 is 5.97 Å². The molecule has 8 heteroatoms. The van der Waals surface area contributed by atoms with E-state index >= 15 is 0 Å². The molecular weight excluding hydrogens is 264 g/mol. The molecule has 110 valence electrons. The second-order valence-corrected chi connectivity index (χ2v) is 4.86. The summed E-state index contributed by atoms with van der Waals surface area (Å²) in [4.78, 5) is 28.3. The second-order valence-electron chi connectivity index (χ2n) is 4.86. The van der Waals surface area contributed by atoms with Crippen LogP contribution in [0.5, 0.6) is 0 Å². The predicted molar refractivity (Wildman–Crippen MR) is 70.6 cm³/mol. The molecule has 0 aliphatic carbocycles. The highest BCUT2D eigenvalue weighted by molar-refractivity contribution is 5.99. The van der Waals surface area contributed by atoms with E-state index in [1.165, 1.54) is 11.2 Å². The van der Waals surface area contributed by atoms with Crippen LogP contribution in [0.4, 0.5) is 0 Å². The van der Waals surface area contributed by atoms with Gasteiger partial charge in [-0.15, -0.1) is 0 Å². The fourth-order valence-electron chi connectivity index (χ4n) is 2.77. The summed E-state index contributed by atoms with van der Waals surface area (Å²) in [5.41, 5.74) is 5.60. The number of carbonyl (C=O) groups excluding carboxylic acids is 1. The Morgan fingerprint density at radius 1 is 1.70 bits per heavy atom. The number of nitrogens with one attached hydrogen (secondary N) is 1. The lowest BCUT2D eigenvalue weighted by molar-refractivity contribution is -0.161. The Balaban J connectivity index is 2.11. The first kappa shape index (κ1) is 14.3. The van der Waals surface area contributed by atoms with Crippen molar-refractivity contribution in [1.29, 1.82) is 0 Å². The van der Waals surface area contributed by atoms with Crippen LogP contribution in [0.3, 0.4) is 0 Å². The van der Waals surface area contributed by atoms with E-state index in [1.807, 2.05) is 0 Å². The van der Waals surface area contributed by atoms with E-state index in [9.17, 15) is 19.8 Å². The summed E-state index contributed by atoms with van der Waals surface area (Å²) in [5.74, 6) is -2.00. The summed E-state index contributed by atoms with van der Waals surface area (Å²) in [7, 11) is 0. The maximum atomic E-state index is 11.9. The zero-order valence-corrected chi connectivity index (χ0v) is 11.1. The number of β-lactam (4-membered cyclic amide) rings is 1. The molecule has 20 heavy (non-hydrogen) atoms. The number of aliphatic hydroxyl groups is 1. The summed E-state index contributed by atoms with van der Waals surface area (Å²) in [5, 5.41) is 21.8. The van der Waals surface area contributed by atoms with Crippen molar-refractivity contribution in [1.82, 2.24) is 10.2 Å². The van der Waals surface area contributed by atoms with E-state index < -0.39 is 18.0 Å². The van der Waals surface area contributed by atoms with Crippen molar-refractivity contribution < 1.29 is 19.8 Å². The predicted octanol–water partition coefficient (Wildman–Crippen LogP) is -1.53. The number of fused-ring (bicyclic) bond motifs is 1. The Bertz CT molecular complexity index is 486. The van der Waals surface area contributed by atoms with Crippen LogP contribution in [-0.2, 0) is 9.59 Å². The summed E-state index contributed by atoms with van der Waals surface area (Å²) in [6.07, 6.45) is 0.818. The van der Waals surface area contributed by atoms with Crippen molar-refractivity contribution in [3.8, 4) is 0 Å². The number of hydrogen-bond acceptors (Lipinski definition) is 5. The van der Waals surface area contributed by atoms with Gasteiger partial charge < -0.3 is 21.3 Å². The van der Waals surface area contributed by atoms with Gasteiger partial charge in [-0.05, 0) is 6.92 Å². The summed E-state index contributed by atoms with van der Waals surface area (Å²) in [6.45, 7) is 2.40. The number of carbonyl (C=O) groups is 2. The van der Waals surface area contributed by atoms with Crippen LogP contribution in [0.2, 0.25) is 0 Å². The number of carboxylic acids is 1. The van der Waals surface area contributed by atoms with Crippen LogP contribution in [0.1, 0.15) is 13.3 Å². The number of aliphatic carboxylic acids is 1. The molecule has 0 aromatic rings. The van der Waals surface area contributed by atoms with E-state index in [-0.39, 0.29) is 17.6 Å². The molecule has 2 aliphatic heterocycles. The fraction of sp³-hybridized carbons (Fsp3) is 0.583. The van der Waals surface area contributed by atoms with Gasteiger partial charge in [0.1, 0.15) is 5.70 Å². The lowest BCUT2D eigenvalue weighted by Gasteiger charge is -2.44. The van der Waals surface area contributed by atoms with Gasteiger partial charge in [-0.25, -0.2) is 4.79 Å². The number of amides is 1. The molecule has 0 spiro atoms. The molecule has 2 aliphatic rings. The highest BCUT2D eigenvalue weighted by atomic mass is 16.4. The molecule has 1 amide bonds. The highest BCUT2D eigenvalue weighted by Crippen LogP contribution is 2.42. The van der Waals surface area contributed by atoms with Gasteiger partial charge in [0.15, 0.2) is 0 Å². The van der Waals surface area contributed by atoms with Gasteiger partial charge in [0.25, 0.3) is 0 Å². The number of carboxylic acid groups (broad SMARTS) is 1. The van der Waals surface area contributed by atoms with Crippen LogP contribution in [0.25, 0.3) is 0 Å². The Morgan fingerprint density at radius 3 is 2.95 bits per heavy atom. The molecule has 1 saturated heterocycles. The quantitative estimate of drug-likeness (QED) is 0.202. The molecule has 5 N–H and O–H groups in total. The third-order valence-electron chi connectivity index (χ3n) is 3.62. The maximum Gasteiger partial charge on any atom is 0.354 e. The highest BCUT2D eigenvalue weighted by Gasteiger charge is 2.56. The molecule has 0 aromatic heterocycles. The van der Waals surface area contributed by atoms with E-state index in [1.54, 1.807) is 6.92 Å². The third-order valence-corrected chi connectivity index (χ3v) is 3.62. The first-order chi connectivity index (χ1) is 9.49. The number of aliphatic hydroxyl groups excluding tert-OH is 1. The monoisotopic (exact) mass is 282 g/mol. The van der Waals surface area contributed by atoms with Crippen LogP contribution in [-0.4, -0.2) is 58.6 Å². The number of rotatable bonds is 6. The Labute approximate surface area is 116 Å². The summed E-state index contributed by atoms with van der Waals surface area (Å²) < 4.78 is 0. The van der Waals surface area contributed by atoms with Gasteiger partial charge in [-0.2, -0.15) is 0 Å². The van der Waals surface area contributed by atoms with Gasteiger partial charge in [0.05, 0.1) is 30.9 Å². The molecule has 0 unspecified atom stereocenters. The van der Waals surface area contributed by atoms with Crippen LogP contribution < -0.4 is 11.1 Å². The van der Waals surface area contributed by atoms with E-state index in [2.05, 4.69) is 10.3 Å². The molecule has 2 rings (SSSR count). The zero-order chi connectivity index (χ0) is 14.9. The average Bonchev–Trinajstić information content (AvgIpc) is 2.69. The molecule has 8 nitrogen and oxygen atoms in total. The smallest absolute Gasteiger partial charge is 0.354 e. The molecule has 0 aromatic carbocycles. The molecule has 0 bridgehead atoms. The topological polar surface area (TPSA) is 128 Å². The first-order valence-electron chi connectivity index (χ1n) is 6.40. The Hall–Kier alpha value is -2.09. The normalized spacial score (nSPS) is 26.7. The number of hydrogen-bond donors (Lipinski definition) is 4. The summed E-state index contributed by atoms with van der Waals surface area (Å²) in [6, 6.07) is -0.269. The van der Waals surface area contributed by atoms with Crippen molar-refractivity contribution in [3.05, 3.63) is 11.4 Å². The fourth-order valence-corrected chi connectivity index (χ4v) is 2.77. The van der Waals surface area contributed by atoms with Crippen molar-refractivity contribution in [2.45, 2.75) is 25.5 Å². The van der Waals surface area contributed by atoms with E-state index in [0.717, 1.165) is 0 Å². The molecular formula is C12H18N4O4. The van der Waals surface area contributed by atoms with Crippen molar-refractivity contribution in [3.63, 3.8) is 0 Å².